The zero-order valence-electron chi connectivity index (χ0n) is 23.1. The van der Waals surface area contributed by atoms with Crippen molar-refractivity contribution >= 4 is 57.2 Å². The number of nitrogens with two attached hydrogens (primary N) is 1. The number of amides is 7. The zero-order chi connectivity index (χ0) is 30.4. The summed E-state index contributed by atoms with van der Waals surface area (Å²) in [5.41, 5.74) is 6.68. The highest BCUT2D eigenvalue weighted by Crippen LogP contribution is 2.13. The fraction of sp³-hybridized carbons (Fsp3) is 0.481. The molecule has 7 amide bonds. The van der Waals surface area contributed by atoms with Gasteiger partial charge in [0.15, 0.2) is 0 Å². The molecule has 1 aromatic carbocycles. The van der Waals surface area contributed by atoms with Gasteiger partial charge >= 0.3 is 6.03 Å². The molecule has 1 aliphatic heterocycles. The molecule has 2 atom stereocenters. The van der Waals surface area contributed by atoms with Crippen molar-refractivity contribution in [2.24, 2.45) is 11.7 Å². The Kier molecular flexibility index (Phi) is 14.0. The number of carbonyl (C=O) groups is 6. The fourth-order valence-electron chi connectivity index (χ4n) is 3.81. The number of hydrogen-bond acceptors (Lipinski definition) is 7. The summed E-state index contributed by atoms with van der Waals surface area (Å²) in [7, 11) is 0. The monoisotopic (exact) mass is 636 g/mol. The molecule has 2 rings (SSSR count). The molecule has 0 radical (unpaired) electrons. The number of nitrogens with zero attached hydrogens (tertiary/aromatic N) is 1. The molecule has 1 aliphatic rings. The number of hydrogen-bond donors (Lipinski definition) is 5. The van der Waals surface area contributed by atoms with Crippen LogP contribution in [0.4, 0.5) is 10.5 Å². The van der Waals surface area contributed by atoms with Crippen molar-refractivity contribution in [1.29, 1.82) is 0 Å². The maximum atomic E-state index is 13.2. The first-order valence-electron chi connectivity index (χ1n) is 13.2. The molecule has 1 heterocycles. The van der Waals surface area contributed by atoms with Gasteiger partial charge in [0, 0.05) is 36.1 Å². The van der Waals surface area contributed by atoms with Gasteiger partial charge in [0.2, 0.25) is 17.7 Å². The van der Waals surface area contributed by atoms with Crippen LogP contribution in [0.15, 0.2) is 36.4 Å². The van der Waals surface area contributed by atoms with Gasteiger partial charge in [-0.1, -0.05) is 41.9 Å². The van der Waals surface area contributed by atoms with Gasteiger partial charge in [-0.2, -0.15) is 0 Å². The molecule has 14 heteroatoms. The average Bonchev–Trinajstić information content (AvgIpc) is 3.25. The van der Waals surface area contributed by atoms with Crippen molar-refractivity contribution in [3.8, 4) is 0 Å². The number of alkyl halides is 1. The van der Waals surface area contributed by atoms with E-state index in [1.807, 2.05) is 12.1 Å². The number of benzene rings is 1. The number of imide groups is 1. The number of halogens is 1. The molecule has 0 aromatic heterocycles. The van der Waals surface area contributed by atoms with Gasteiger partial charge < -0.3 is 31.7 Å². The molecule has 0 fully saturated rings. The Balaban J connectivity index is 1.92. The average molecular weight is 638 g/mol. The van der Waals surface area contributed by atoms with Gasteiger partial charge in [0.05, 0.1) is 19.8 Å². The summed E-state index contributed by atoms with van der Waals surface area (Å²) in [6, 6.07) is 4.64. The third-order valence-electron chi connectivity index (χ3n) is 6.08. The Morgan fingerprint density at radius 1 is 0.976 bits per heavy atom. The van der Waals surface area contributed by atoms with Crippen molar-refractivity contribution in [2.75, 3.05) is 31.6 Å². The van der Waals surface area contributed by atoms with Crippen molar-refractivity contribution in [3.63, 3.8) is 0 Å². The highest BCUT2D eigenvalue weighted by Gasteiger charge is 2.29. The van der Waals surface area contributed by atoms with E-state index in [1.165, 1.54) is 12.2 Å². The predicted molar refractivity (Wildman–Crippen MR) is 155 cm³/mol. The van der Waals surface area contributed by atoms with Crippen LogP contribution in [0.1, 0.15) is 38.7 Å². The molecule has 0 spiro atoms. The third kappa shape index (κ3) is 11.7. The van der Waals surface area contributed by atoms with Crippen LogP contribution < -0.4 is 27.0 Å². The maximum absolute atomic E-state index is 13.2. The Morgan fingerprint density at radius 2 is 1.63 bits per heavy atom. The van der Waals surface area contributed by atoms with Crippen LogP contribution in [0.5, 0.6) is 0 Å². The largest absolute Gasteiger partial charge is 0.379 e. The van der Waals surface area contributed by atoms with Crippen molar-refractivity contribution in [2.45, 2.75) is 50.5 Å². The molecule has 13 nitrogen and oxygen atoms in total. The minimum absolute atomic E-state index is 0.0215. The quantitative estimate of drug-likeness (QED) is 0.0954. The second-order valence-electron chi connectivity index (χ2n) is 9.63. The highest BCUT2D eigenvalue weighted by atomic mass is 79.9. The molecule has 224 valence electrons. The van der Waals surface area contributed by atoms with Crippen LogP contribution in [-0.4, -0.2) is 78.9 Å². The van der Waals surface area contributed by atoms with Gasteiger partial charge in [0.25, 0.3) is 11.8 Å². The smallest absolute Gasteiger partial charge is 0.312 e. The molecular weight excluding hydrogens is 600 g/mol. The normalized spacial score (nSPS) is 14.1. The first-order valence-corrected chi connectivity index (χ1v) is 14.3. The lowest BCUT2D eigenvalue weighted by Crippen LogP contribution is -2.54. The van der Waals surface area contributed by atoms with E-state index in [9.17, 15) is 28.8 Å². The zero-order valence-corrected chi connectivity index (χ0v) is 24.7. The first-order chi connectivity index (χ1) is 19.5. The summed E-state index contributed by atoms with van der Waals surface area (Å²) in [4.78, 5) is 73.9. The van der Waals surface area contributed by atoms with E-state index in [0.29, 0.717) is 17.4 Å². The van der Waals surface area contributed by atoms with Gasteiger partial charge in [-0.3, -0.25) is 28.9 Å². The Morgan fingerprint density at radius 3 is 2.22 bits per heavy atom. The third-order valence-corrected chi connectivity index (χ3v) is 6.72. The van der Waals surface area contributed by atoms with E-state index in [-0.39, 0.29) is 45.1 Å². The van der Waals surface area contributed by atoms with Crippen molar-refractivity contribution in [3.05, 3.63) is 42.0 Å². The molecule has 0 aliphatic carbocycles. The second-order valence-corrected chi connectivity index (χ2v) is 10.2. The van der Waals surface area contributed by atoms with E-state index >= 15 is 0 Å². The molecule has 2 unspecified atom stereocenters. The van der Waals surface area contributed by atoms with Crippen LogP contribution in [0, 0.1) is 5.92 Å². The summed E-state index contributed by atoms with van der Waals surface area (Å²) in [6.07, 6.45) is 2.89. The minimum atomic E-state index is -0.944. The van der Waals surface area contributed by atoms with E-state index in [2.05, 4.69) is 37.2 Å². The van der Waals surface area contributed by atoms with E-state index in [4.69, 9.17) is 10.5 Å². The maximum Gasteiger partial charge on any atom is 0.312 e. The van der Waals surface area contributed by atoms with E-state index in [0.717, 1.165) is 10.5 Å². The number of primary amides is 1. The molecule has 41 heavy (non-hydrogen) atoms. The van der Waals surface area contributed by atoms with E-state index in [1.54, 1.807) is 26.0 Å². The Hall–Kier alpha value is -3.78. The van der Waals surface area contributed by atoms with Gasteiger partial charge in [0.1, 0.15) is 12.1 Å². The molecule has 0 bridgehead atoms. The van der Waals surface area contributed by atoms with Crippen molar-refractivity contribution < 1.29 is 33.5 Å². The van der Waals surface area contributed by atoms with Crippen LogP contribution in [0.25, 0.3) is 0 Å². The van der Waals surface area contributed by atoms with Crippen LogP contribution >= 0.6 is 15.9 Å². The number of urea groups is 1. The Labute approximate surface area is 247 Å². The molecular formula is C27H37BrN6O7. The van der Waals surface area contributed by atoms with E-state index < -0.39 is 47.7 Å². The van der Waals surface area contributed by atoms with Gasteiger partial charge in [-0.05, 0) is 36.5 Å². The van der Waals surface area contributed by atoms with Gasteiger partial charge in [-0.25, -0.2) is 4.79 Å². The second kappa shape index (κ2) is 17.1. The summed E-state index contributed by atoms with van der Waals surface area (Å²) in [6.45, 7) is 3.90. The number of rotatable bonds is 17. The van der Waals surface area contributed by atoms with Crippen molar-refractivity contribution in [1.82, 2.24) is 20.9 Å². The summed E-state index contributed by atoms with van der Waals surface area (Å²) < 4.78 is 5.37. The standard InChI is InChI=1S/C27H37BrN6O7/c1-17(2)24(33-21(35)11-14-41-15-13-34-22(36)9-10-23(34)37)26(39)32-20(4-3-12-30-27(29)40)25(38)31-19-7-5-18(16-28)6-8-19/h5-10,17,20,24H,3-4,11-16H2,1-2H3,(H,31,38)(H,32,39)(H,33,35)(H3,29,30,40). The number of nitrogens with one attached hydrogen (secondary N) is 4. The lowest BCUT2D eigenvalue weighted by Gasteiger charge is -2.25. The molecule has 0 saturated heterocycles. The highest BCUT2D eigenvalue weighted by molar-refractivity contribution is 9.08. The topological polar surface area (TPSA) is 189 Å². The van der Waals surface area contributed by atoms with Crippen LogP contribution in [0.2, 0.25) is 0 Å². The summed E-state index contributed by atoms with van der Waals surface area (Å²) >= 11 is 3.37. The molecule has 1 aromatic rings. The summed E-state index contributed by atoms with van der Waals surface area (Å²) in [5, 5.41) is 11.3. The predicted octanol–water partition coefficient (Wildman–Crippen LogP) is 0.926. The minimum Gasteiger partial charge on any atom is -0.379 e. The number of ether oxygens (including phenoxy) is 1. The van der Waals surface area contributed by atoms with Crippen LogP contribution in [0.3, 0.4) is 0 Å². The summed E-state index contributed by atoms with van der Waals surface area (Å²) in [5.74, 6) is -2.54. The van der Waals surface area contributed by atoms with Gasteiger partial charge in [-0.15, -0.1) is 0 Å². The fourth-order valence-corrected chi connectivity index (χ4v) is 4.18. The Bertz CT molecular complexity index is 1110. The molecule has 0 saturated carbocycles. The number of anilines is 1. The number of carbonyl (C=O) groups excluding carboxylic acids is 6. The SMILES string of the molecule is CC(C)C(NC(=O)CCOCCN1C(=O)C=CC1=O)C(=O)NC(CCCNC(N)=O)C(=O)Nc1ccc(CBr)cc1. The lowest BCUT2D eigenvalue weighted by atomic mass is 10.0. The first kappa shape index (κ1) is 33.4. The van der Waals surface area contributed by atoms with Crippen LogP contribution in [-0.2, 0) is 34.0 Å². The lowest BCUT2D eigenvalue weighted by molar-refractivity contribution is -0.138. The molecule has 6 N–H and O–H groups in total.